The van der Waals surface area contributed by atoms with E-state index < -0.39 is 53.8 Å². The summed E-state index contributed by atoms with van der Waals surface area (Å²) in [5, 5.41) is 17.8. The number of ether oxygens (including phenoxy) is 5. The summed E-state index contributed by atoms with van der Waals surface area (Å²) in [7, 11) is 2.58. The summed E-state index contributed by atoms with van der Waals surface area (Å²) in [5.74, 6) is -4.66. The van der Waals surface area contributed by atoms with Gasteiger partial charge in [-0.1, -0.05) is 5.21 Å². The number of benzene rings is 1. The Morgan fingerprint density at radius 3 is 2.72 bits per heavy atom. The Hall–Kier alpha value is -2.67. The van der Waals surface area contributed by atoms with Crippen molar-refractivity contribution in [1.82, 2.24) is 15.0 Å². The van der Waals surface area contributed by atoms with Crippen molar-refractivity contribution in [1.29, 1.82) is 0 Å². The van der Waals surface area contributed by atoms with Crippen LogP contribution in [0.2, 0.25) is 0 Å². The van der Waals surface area contributed by atoms with E-state index in [9.17, 15) is 18.7 Å². The van der Waals surface area contributed by atoms with Crippen LogP contribution in [0, 0.1) is 11.6 Å². The topological polar surface area (TPSA) is 114 Å². The Balaban J connectivity index is 1.75. The molecule has 3 heterocycles. The number of halogens is 2. The number of aromatic nitrogens is 3. The lowest BCUT2D eigenvalue weighted by molar-refractivity contribution is -0.347. The first-order chi connectivity index (χ1) is 15.1. The maximum Gasteiger partial charge on any atom is 0.335 e. The predicted octanol–water partition coefficient (Wildman–Crippen LogP) is 1.79. The first kappa shape index (κ1) is 22.5. The van der Waals surface area contributed by atoms with E-state index in [1.807, 2.05) is 0 Å². The van der Waals surface area contributed by atoms with Crippen LogP contribution in [0.4, 0.5) is 8.78 Å². The third-order valence-electron chi connectivity index (χ3n) is 5.52. The number of fused-ring (bicyclic) bond motifs is 1. The number of nitrogens with zero attached hydrogens (tertiary/aromatic N) is 3. The van der Waals surface area contributed by atoms with E-state index in [1.165, 1.54) is 31.2 Å². The molecule has 5 atom stereocenters. The summed E-state index contributed by atoms with van der Waals surface area (Å²) in [6, 6.07) is 1.51. The normalized spacial score (nSPS) is 29.4. The van der Waals surface area contributed by atoms with Gasteiger partial charge in [-0.3, -0.25) is 0 Å². The third-order valence-corrected chi connectivity index (χ3v) is 5.52. The summed E-state index contributed by atoms with van der Waals surface area (Å²) in [6.45, 7) is 3.56. The highest BCUT2D eigenvalue weighted by Gasteiger charge is 2.54. The molecule has 10 nitrogen and oxygen atoms in total. The van der Waals surface area contributed by atoms with E-state index in [1.54, 1.807) is 13.8 Å². The molecule has 2 fully saturated rings. The molecule has 1 aromatic heterocycles. The van der Waals surface area contributed by atoms with Crippen molar-refractivity contribution < 1.29 is 42.4 Å². The SMILES string of the molecule is COc1cc(-c2cn([C@H]3[C@H]4OC(C)(C)OC[C@H]4O[C@@H](C(=O)O)[C@@H]3OC)nn2)cc(F)c1F. The Kier molecular flexibility index (Phi) is 5.88. The van der Waals surface area contributed by atoms with Crippen LogP contribution in [0.5, 0.6) is 5.75 Å². The molecule has 32 heavy (non-hydrogen) atoms. The fourth-order valence-corrected chi connectivity index (χ4v) is 4.03. The van der Waals surface area contributed by atoms with Gasteiger partial charge >= 0.3 is 5.97 Å². The molecule has 0 bridgehead atoms. The molecule has 0 aliphatic carbocycles. The van der Waals surface area contributed by atoms with Crippen LogP contribution in [-0.2, 0) is 23.7 Å². The number of hydrogen-bond donors (Lipinski definition) is 1. The molecule has 0 spiro atoms. The third kappa shape index (κ3) is 3.94. The molecule has 4 rings (SSSR count). The van der Waals surface area contributed by atoms with Gasteiger partial charge in [-0.05, 0) is 26.0 Å². The molecule has 2 aromatic rings. The average molecular weight is 455 g/mol. The van der Waals surface area contributed by atoms with Gasteiger partial charge in [-0.15, -0.1) is 5.10 Å². The zero-order valence-electron chi connectivity index (χ0n) is 17.8. The lowest BCUT2D eigenvalue weighted by atomic mass is 9.91. The van der Waals surface area contributed by atoms with E-state index in [-0.39, 0.29) is 23.6 Å². The molecular weight excluding hydrogens is 432 g/mol. The number of carbonyl (C=O) groups is 1. The maximum atomic E-state index is 14.0. The smallest absolute Gasteiger partial charge is 0.335 e. The van der Waals surface area contributed by atoms with Crippen molar-refractivity contribution in [3.63, 3.8) is 0 Å². The lowest BCUT2D eigenvalue weighted by Gasteiger charge is -2.50. The van der Waals surface area contributed by atoms with Gasteiger partial charge in [0.05, 0.1) is 19.9 Å². The average Bonchev–Trinajstić information content (AvgIpc) is 3.23. The van der Waals surface area contributed by atoms with Crippen LogP contribution in [0.15, 0.2) is 18.3 Å². The number of aliphatic carboxylic acids is 1. The van der Waals surface area contributed by atoms with E-state index in [0.717, 1.165) is 6.07 Å². The predicted molar refractivity (Wildman–Crippen MR) is 103 cm³/mol. The Morgan fingerprint density at radius 2 is 2.06 bits per heavy atom. The van der Waals surface area contributed by atoms with E-state index in [4.69, 9.17) is 23.7 Å². The molecule has 12 heteroatoms. The molecule has 0 saturated carbocycles. The number of rotatable bonds is 5. The molecule has 0 unspecified atom stereocenters. The summed E-state index contributed by atoms with van der Waals surface area (Å²) < 4.78 is 56.9. The maximum absolute atomic E-state index is 14.0. The molecular formula is C20H23F2N3O7. The minimum Gasteiger partial charge on any atom is -0.494 e. The highest BCUT2D eigenvalue weighted by atomic mass is 19.2. The number of carboxylic acid groups (broad SMARTS) is 1. The first-order valence-corrected chi connectivity index (χ1v) is 9.83. The molecule has 0 radical (unpaired) electrons. The van der Waals surface area contributed by atoms with Crippen molar-refractivity contribution in [3.8, 4) is 17.0 Å². The van der Waals surface area contributed by atoms with Crippen LogP contribution >= 0.6 is 0 Å². The van der Waals surface area contributed by atoms with Gasteiger partial charge in [0.1, 0.15) is 30.0 Å². The minimum absolute atomic E-state index is 0.107. The Labute approximate surface area is 182 Å². The Morgan fingerprint density at radius 1 is 1.31 bits per heavy atom. The molecule has 0 amide bonds. The molecule has 1 aromatic carbocycles. The van der Waals surface area contributed by atoms with Crippen LogP contribution in [0.25, 0.3) is 11.3 Å². The second-order valence-corrected chi connectivity index (χ2v) is 7.98. The van der Waals surface area contributed by atoms with Crippen LogP contribution < -0.4 is 4.74 Å². The van der Waals surface area contributed by atoms with Crippen molar-refractivity contribution in [2.24, 2.45) is 0 Å². The summed E-state index contributed by atoms with van der Waals surface area (Å²) in [6.07, 6.45) is -2.17. The molecule has 2 saturated heterocycles. The van der Waals surface area contributed by atoms with E-state index in [0.29, 0.717) is 0 Å². The van der Waals surface area contributed by atoms with Crippen molar-refractivity contribution in [3.05, 3.63) is 30.0 Å². The van der Waals surface area contributed by atoms with Crippen LogP contribution in [0.3, 0.4) is 0 Å². The molecule has 2 aliphatic heterocycles. The van der Waals surface area contributed by atoms with Gasteiger partial charge in [0.2, 0.25) is 5.82 Å². The number of methoxy groups -OCH3 is 2. The van der Waals surface area contributed by atoms with Crippen LogP contribution in [0.1, 0.15) is 19.9 Å². The zero-order valence-corrected chi connectivity index (χ0v) is 17.8. The summed E-state index contributed by atoms with van der Waals surface area (Å²) >= 11 is 0. The van der Waals surface area contributed by atoms with Gasteiger partial charge in [0, 0.05) is 12.7 Å². The Bertz CT molecular complexity index is 1020. The largest absolute Gasteiger partial charge is 0.494 e. The van der Waals surface area contributed by atoms with Gasteiger partial charge < -0.3 is 28.8 Å². The highest BCUT2D eigenvalue weighted by Crippen LogP contribution is 2.39. The van der Waals surface area contributed by atoms with Crippen LogP contribution in [-0.4, -0.2) is 77.1 Å². The lowest BCUT2D eigenvalue weighted by Crippen LogP contribution is -2.64. The quantitative estimate of drug-likeness (QED) is 0.721. The minimum atomic E-state index is -1.31. The van der Waals surface area contributed by atoms with Gasteiger partial charge in [0.25, 0.3) is 0 Å². The second kappa shape index (κ2) is 8.35. The zero-order chi connectivity index (χ0) is 23.2. The van der Waals surface area contributed by atoms with Crippen molar-refractivity contribution >= 4 is 5.97 Å². The van der Waals surface area contributed by atoms with Gasteiger partial charge in [-0.25, -0.2) is 13.9 Å². The van der Waals surface area contributed by atoms with E-state index in [2.05, 4.69) is 10.3 Å². The summed E-state index contributed by atoms with van der Waals surface area (Å²) in [5.41, 5.74) is 0.450. The summed E-state index contributed by atoms with van der Waals surface area (Å²) in [4.78, 5) is 11.8. The van der Waals surface area contributed by atoms with Crippen molar-refractivity contribution in [2.75, 3.05) is 20.8 Å². The van der Waals surface area contributed by atoms with Gasteiger partial charge in [-0.2, -0.15) is 4.39 Å². The fraction of sp³-hybridized carbons (Fsp3) is 0.550. The molecule has 2 aliphatic rings. The number of carboxylic acids is 1. The molecule has 174 valence electrons. The first-order valence-electron chi connectivity index (χ1n) is 9.83. The van der Waals surface area contributed by atoms with Gasteiger partial charge in [0.15, 0.2) is 23.5 Å². The van der Waals surface area contributed by atoms with E-state index >= 15 is 0 Å². The van der Waals surface area contributed by atoms with Crippen molar-refractivity contribution in [2.45, 2.75) is 50.1 Å². The standard InChI is InChI=1S/C20H23F2N3O7/c1-20(2)30-8-13-16(32-20)15(17(29-4)18(31-13)19(26)27)25-7-11(23-24-25)9-5-10(21)14(22)12(6-9)28-3/h5-7,13,15-18H,8H2,1-4H3,(H,26,27)/t13-,15+,16+,17-,18-/m1/s1. The monoisotopic (exact) mass is 455 g/mol. The second-order valence-electron chi connectivity index (χ2n) is 7.98. The number of hydrogen-bond acceptors (Lipinski definition) is 8. The highest BCUT2D eigenvalue weighted by molar-refractivity contribution is 5.73. The fourth-order valence-electron chi connectivity index (χ4n) is 4.03. The molecule has 1 N–H and O–H groups in total.